The van der Waals surface area contributed by atoms with Crippen LogP contribution in [0.15, 0.2) is 39.4 Å². The Kier molecular flexibility index (Phi) is 4.82. The van der Waals surface area contributed by atoms with Crippen molar-refractivity contribution in [3.8, 4) is 0 Å². The number of carbonyl (C=O) groups excluding carboxylic acids is 1. The summed E-state index contributed by atoms with van der Waals surface area (Å²) in [6.45, 7) is 1.79. The molecule has 0 fully saturated rings. The van der Waals surface area contributed by atoms with Crippen LogP contribution in [0.3, 0.4) is 0 Å². The van der Waals surface area contributed by atoms with E-state index in [1.54, 1.807) is 11.6 Å². The highest BCUT2D eigenvalue weighted by atomic mass is 79.9. The first-order valence-corrected chi connectivity index (χ1v) is 7.56. The van der Waals surface area contributed by atoms with E-state index in [1.807, 2.05) is 37.5 Å². The van der Waals surface area contributed by atoms with Crippen molar-refractivity contribution in [2.24, 2.45) is 7.05 Å². The van der Waals surface area contributed by atoms with Gasteiger partial charge in [0, 0.05) is 28.3 Å². The molecule has 20 heavy (non-hydrogen) atoms. The molecule has 0 saturated carbocycles. The Morgan fingerprint density at radius 2 is 2.10 bits per heavy atom. The number of halogens is 2. The molecule has 1 aromatic heterocycles. The van der Waals surface area contributed by atoms with Gasteiger partial charge in [0.2, 0.25) is 5.91 Å². The number of hydrogen-bond donors (Lipinski definition) is 2. The second-order valence-corrected chi connectivity index (χ2v) is 6.12. The van der Waals surface area contributed by atoms with Gasteiger partial charge in [0.15, 0.2) is 0 Å². The number of carbonyl (C=O) groups is 1. The number of aromatic nitrogens is 2. The first-order valence-electron chi connectivity index (χ1n) is 5.98. The van der Waals surface area contributed by atoms with Crippen LogP contribution in [0, 0.1) is 0 Å². The molecule has 1 atom stereocenters. The summed E-state index contributed by atoms with van der Waals surface area (Å²) < 4.78 is 3.45. The summed E-state index contributed by atoms with van der Waals surface area (Å²) in [4.78, 5) is 12.1. The van der Waals surface area contributed by atoms with E-state index in [0.717, 1.165) is 14.6 Å². The van der Waals surface area contributed by atoms with Crippen LogP contribution in [0.4, 0.5) is 11.5 Å². The van der Waals surface area contributed by atoms with Gasteiger partial charge in [-0.2, -0.15) is 5.10 Å². The lowest BCUT2D eigenvalue weighted by Crippen LogP contribution is -2.32. The number of hydrogen-bond acceptors (Lipinski definition) is 3. The Morgan fingerprint density at radius 1 is 1.35 bits per heavy atom. The number of rotatable bonds is 4. The zero-order valence-corrected chi connectivity index (χ0v) is 14.2. The molecular weight excluding hydrogens is 388 g/mol. The van der Waals surface area contributed by atoms with Crippen LogP contribution in [0.25, 0.3) is 0 Å². The van der Waals surface area contributed by atoms with Crippen molar-refractivity contribution in [1.29, 1.82) is 0 Å². The zero-order chi connectivity index (χ0) is 14.7. The number of aryl methyl sites for hydroxylation is 1. The van der Waals surface area contributed by atoms with Gasteiger partial charge < -0.3 is 10.6 Å². The summed E-state index contributed by atoms with van der Waals surface area (Å²) in [6, 6.07) is 7.02. The van der Waals surface area contributed by atoms with Crippen LogP contribution >= 0.6 is 31.9 Å². The lowest BCUT2D eigenvalue weighted by molar-refractivity contribution is -0.116. The Hall–Kier alpha value is -1.34. The molecule has 7 heteroatoms. The molecule has 0 bridgehead atoms. The van der Waals surface area contributed by atoms with Crippen molar-refractivity contribution in [2.45, 2.75) is 13.0 Å². The fourth-order valence-corrected chi connectivity index (χ4v) is 2.76. The molecule has 1 aromatic carbocycles. The van der Waals surface area contributed by atoms with Gasteiger partial charge in [0.05, 0.1) is 5.69 Å². The molecule has 2 aromatic rings. The maximum absolute atomic E-state index is 12.1. The van der Waals surface area contributed by atoms with E-state index in [9.17, 15) is 4.79 Å². The molecule has 0 radical (unpaired) electrons. The highest BCUT2D eigenvalue weighted by molar-refractivity contribution is 9.11. The fourth-order valence-electron chi connectivity index (χ4n) is 1.61. The third kappa shape index (κ3) is 3.83. The van der Waals surface area contributed by atoms with E-state index >= 15 is 0 Å². The zero-order valence-electron chi connectivity index (χ0n) is 11.0. The molecule has 1 heterocycles. The minimum Gasteiger partial charge on any atom is -0.357 e. The highest BCUT2D eigenvalue weighted by Gasteiger charge is 2.15. The van der Waals surface area contributed by atoms with E-state index < -0.39 is 0 Å². The van der Waals surface area contributed by atoms with Gasteiger partial charge in [-0.25, -0.2) is 0 Å². The molecule has 0 aliphatic rings. The molecule has 106 valence electrons. The van der Waals surface area contributed by atoms with Gasteiger partial charge in [-0.15, -0.1) is 0 Å². The van der Waals surface area contributed by atoms with Gasteiger partial charge in [-0.1, -0.05) is 15.9 Å². The molecular formula is C13H14Br2N4O. The second kappa shape index (κ2) is 6.41. The van der Waals surface area contributed by atoms with E-state index in [-0.39, 0.29) is 11.9 Å². The van der Waals surface area contributed by atoms with Crippen LogP contribution in [0.5, 0.6) is 0 Å². The van der Waals surface area contributed by atoms with Crippen LogP contribution in [-0.2, 0) is 11.8 Å². The number of anilines is 2. The summed E-state index contributed by atoms with van der Waals surface area (Å²) in [6.07, 6.45) is 1.82. The van der Waals surface area contributed by atoms with Crippen molar-refractivity contribution >= 4 is 49.3 Å². The number of benzene rings is 1. The van der Waals surface area contributed by atoms with E-state index in [1.165, 1.54) is 0 Å². The Labute approximate surface area is 134 Å². The third-order valence-corrected chi connectivity index (χ3v) is 3.81. The lowest BCUT2D eigenvalue weighted by Gasteiger charge is -2.14. The molecule has 0 aliphatic heterocycles. The van der Waals surface area contributed by atoms with Crippen molar-refractivity contribution in [2.75, 3.05) is 10.6 Å². The van der Waals surface area contributed by atoms with Gasteiger partial charge in [-0.05, 0) is 41.1 Å². The smallest absolute Gasteiger partial charge is 0.246 e. The average Bonchev–Trinajstić information content (AvgIpc) is 2.78. The fraction of sp³-hybridized carbons (Fsp3) is 0.231. The molecule has 0 saturated heterocycles. The first kappa shape index (κ1) is 15.1. The summed E-state index contributed by atoms with van der Waals surface area (Å²) in [5.41, 5.74) is 0.730. The summed E-state index contributed by atoms with van der Waals surface area (Å²) >= 11 is 6.79. The molecule has 0 spiro atoms. The van der Waals surface area contributed by atoms with E-state index in [4.69, 9.17) is 0 Å². The van der Waals surface area contributed by atoms with Gasteiger partial charge in [-0.3, -0.25) is 9.48 Å². The first-order chi connectivity index (χ1) is 9.45. The minimum absolute atomic E-state index is 0.126. The largest absolute Gasteiger partial charge is 0.357 e. The van der Waals surface area contributed by atoms with Crippen LogP contribution in [0.2, 0.25) is 0 Å². The van der Waals surface area contributed by atoms with Gasteiger partial charge in [0.25, 0.3) is 0 Å². The maximum Gasteiger partial charge on any atom is 0.246 e. The number of nitrogens with zero attached hydrogens (tertiary/aromatic N) is 2. The summed E-state index contributed by atoms with van der Waals surface area (Å²) in [7, 11) is 1.83. The molecule has 1 amide bonds. The summed E-state index contributed by atoms with van der Waals surface area (Å²) in [5, 5.41) is 10.1. The van der Waals surface area contributed by atoms with Gasteiger partial charge in [0.1, 0.15) is 11.9 Å². The van der Waals surface area contributed by atoms with Crippen molar-refractivity contribution < 1.29 is 4.79 Å². The molecule has 5 nitrogen and oxygen atoms in total. The number of amides is 1. The molecule has 1 unspecified atom stereocenters. The van der Waals surface area contributed by atoms with E-state index in [2.05, 4.69) is 47.6 Å². The monoisotopic (exact) mass is 400 g/mol. The maximum atomic E-state index is 12.1. The van der Waals surface area contributed by atoms with Crippen LogP contribution in [0.1, 0.15) is 6.92 Å². The van der Waals surface area contributed by atoms with Crippen molar-refractivity contribution in [3.63, 3.8) is 0 Å². The van der Waals surface area contributed by atoms with E-state index in [0.29, 0.717) is 5.82 Å². The predicted octanol–water partition coefficient (Wildman–Crippen LogP) is 3.38. The van der Waals surface area contributed by atoms with Crippen LogP contribution in [-0.4, -0.2) is 21.7 Å². The molecule has 0 aliphatic carbocycles. The molecule has 2 rings (SSSR count). The van der Waals surface area contributed by atoms with Crippen molar-refractivity contribution in [3.05, 3.63) is 39.4 Å². The third-order valence-electron chi connectivity index (χ3n) is 2.66. The average molecular weight is 402 g/mol. The Bertz CT molecular complexity index is 627. The lowest BCUT2D eigenvalue weighted by atomic mass is 10.2. The quantitative estimate of drug-likeness (QED) is 0.825. The van der Waals surface area contributed by atoms with Gasteiger partial charge >= 0.3 is 0 Å². The second-order valence-electron chi connectivity index (χ2n) is 4.35. The Morgan fingerprint density at radius 3 is 2.70 bits per heavy atom. The highest BCUT2D eigenvalue weighted by Crippen LogP contribution is 2.26. The van der Waals surface area contributed by atoms with Crippen LogP contribution < -0.4 is 10.6 Å². The standard InChI is InChI=1S/C13H14Br2N4O/c1-8(16-12-5-6-19(2)18-12)13(20)17-11-4-3-9(14)7-10(11)15/h3-8H,1-2H3,(H,16,18)(H,17,20). The summed E-state index contributed by atoms with van der Waals surface area (Å²) in [5.74, 6) is 0.545. The normalized spacial score (nSPS) is 12.0. The van der Waals surface area contributed by atoms with Crippen molar-refractivity contribution in [1.82, 2.24) is 9.78 Å². The topological polar surface area (TPSA) is 59.0 Å². The molecule has 2 N–H and O–H groups in total. The Balaban J connectivity index is 2.00. The SMILES string of the molecule is CC(Nc1ccn(C)n1)C(=O)Nc1ccc(Br)cc1Br. The predicted molar refractivity (Wildman–Crippen MR) is 86.8 cm³/mol. The minimum atomic E-state index is -0.388. The number of nitrogens with one attached hydrogen (secondary N) is 2.